The van der Waals surface area contributed by atoms with Crippen LogP contribution in [0.15, 0.2) is 41.6 Å². The van der Waals surface area contributed by atoms with Crippen molar-refractivity contribution in [3.8, 4) is 5.75 Å². The molecule has 1 aliphatic rings. The lowest BCUT2D eigenvalue weighted by Gasteiger charge is -2.22. The number of nitrogens with zero attached hydrogens (tertiary/aromatic N) is 5. The molecule has 0 unspecified atom stereocenters. The zero-order valence-electron chi connectivity index (χ0n) is 22.3. The van der Waals surface area contributed by atoms with Crippen molar-refractivity contribution in [1.82, 2.24) is 24.3 Å². The van der Waals surface area contributed by atoms with E-state index in [1.807, 2.05) is 50.6 Å². The molecule has 1 aliphatic heterocycles. The molecule has 1 aromatic carbocycles. The molecule has 0 aliphatic carbocycles. The summed E-state index contributed by atoms with van der Waals surface area (Å²) in [5.41, 5.74) is 4.28. The number of aliphatic carboxylic acids is 1. The number of aromatic nitrogens is 4. The van der Waals surface area contributed by atoms with Gasteiger partial charge < -0.3 is 9.84 Å². The molecular weight excluding hydrogens is 538 g/mol. The summed E-state index contributed by atoms with van der Waals surface area (Å²) in [5.74, 6) is -1.01. The average Bonchev–Trinajstić information content (AvgIpc) is 3.47. The van der Waals surface area contributed by atoms with E-state index in [1.165, 1.54) is 28.0 Å². The number of hydrogen-bond donors (Lipinski definition) is 1. The molecule has 206 valence electrons. The smallest absolute Gasteiger partial charge is 0.304 e. The summed E-state index contributed by atoms with van der Waals surface area (Å²) in [6, 6.07) is 7.44. The summed E-state index contributed by atoms with van der Waals surface area (Å²) in [4.78, 5) is 17.9. The first-order valence-electron chi connectivity index (χ1n) is 12.9. The van der Waals surface area contributed by atoms with Gasteiger partial charge in [-0.15, -0.1) is 16.4 Å². The highest BCUT2D eigenvalue weighted by Crippen LogP contribution is 2.39. The first kappa shape index (κ1) is 27.2. The van der Waals surface area contributed by atoms with Gasteiger partial charge in [-0.05, 0) is 62.1 Å². The molecule has 0 spiro atoms. The SMILES string of the molecule is CC[C@@H]1CN(Cc2cc([C@H](CC(=O)O)c3ccc4c(nnn4CC)c3C)sc2C)S(=O)(=O)c2cnccc2O1. The summed E-state index contributed by atoms with van der Waals surface area (Å²) >= 11 is 1.50. The monoisotopic (exact) mass is 569 g/mol. The number of hydrogen-bond acceptors (Lipinski definition) is 8. The molecule has 2 atom stereocenters. The van der Waals surface area contributed by atoms with Crippen molar-refractivity contribution in [1.29, 1.82) is 0 Å². The van der Waals surface area contributed by atoms with Crippen molar-refractivity contribution in [2.75, 3.05) is 6.54 Å². The normalized spacial score (nSPS) is 17.9. The summed E-state index contributed by atoms with van der Waals surface area (Å²) in [6.45, 7) is 8.90. The number of sulfonamides is 1. The van der Waals surface area contributed by atoms with Crippen molar-refractivity contribution in [2.24, 2.45) is 0 Å². The lowest BCUT2D eigenvalue weighted by Crippen LogP contribution is -2.36. The third kappa shape index (κ3) is 5.04. The molecule has 39 heavy (non-hydrogen) atoms. The minimum atomic E-state index is -3.85. The highest BCUT2D eigenvalue weighted by Gasteiger charge is 2.35. The number of aryl methyl sites for hydroxylation is 3. The van der Waals surface area contributed by atoms with Gasteiger partial charge in [0.1, 0.15) is 22.3 Å². The van der Waals surface area contributed by atoms with E-state index in [0.29, 0.717) is 18.7 Å². The number of benzene rings is 1. The van der Waals surface area contributed by atoms with Gasteiger partial charge in [-0.3, -0.25) is 9.78 Å². The maximum Gasteiger partial charge on any atom is 0.304 e. The molecule has 0 radical (unpaired) electrons. The summed E-state index contributed by atoms with van der Waals surface area (Å²) in [5, 5.41) is 18.4. The van der Waals surface area contributed by atoms with Crippen LogP contribution in [-0.4, -0.2) is 56.4 Å². The average molecular weight is 570 g/mol. The second-order valence-electron chi connectivity index (χ2n) is 9.70. The highest BCUT2D eigenvalue weighted by atomic mass is 32.2. The van der Waals surface area contributed by atoms with E-state index >= 15 is 0 Å². The Morgan fingerprint density at radius 1 is 1.26 bits per heavy atom. The third-order valence-electron chi connectivity index (χ3n) is 7.29. The quantitative estimate of drug-likeness (QED) is 0.329. The molecule has 5 rings (SSSR count). The maximum atomic E-state index is 13.6. The second kappa shape index (κ2) is 10.7. The molecule has 4 aromatic rings. The molecular formula is C27H31N5O5S2. The fourth-order valence-corrected chi connectivity index (χ4v) is 7.77. The molecule has 0 saturated carbocycles. The summed E-state index contributed by atoms with van der Waals surface area (Å²) in [6.07, 6.45) is 3.11. The second-order valence-corrected chi connectivity index (χ2v) is 12.9. The van der Waals surface area contributed by atoms with E-state index in [4.69, 9.17) is 4.74 Å². The number of rotatable bonds is 8. The fourth-order valence-electron chi connectivity index (χ4n) is 5.10. The number of carboxylic acid groups (broad SMARTS) is 1. The van der Waals surface area contributed by atoms with Crippen LogP contribution < -0.4 is 4.74 Å². The van der Waals surface area contributed by atoms with E-state index in [2.05, 4.69) is 15.3 Å². The van der Waals surface area contributed by atoms with Crippen LogP contribution in [0.2, 0.25) is 0 Å². The van der Waals surface area contributed by atoms with Gasteiger partial charge in [-0.2, -0.15) is 4.31 Å². The Balaban J connectivity index is 1.53. The predicted molar refractivity (Wildman–Crippen MR) is 148 cm³/mol. The van der Waals surface area contributed by atoms with E-state index in [0.717, 1.165) is 37.5 Å². The molecule has 10 nitrogen and oxygen atoms in total. The lowest BCUT2D eigenvalue weighted by atomic mass is 9.89. The number of pyridine rings is 1. The van der Waals surface area contributed by atoms with Gasteiger partial charge in [-0.25, -0.2) is 13.1 Å². The molecule has 12 heteroatoms. The lowest BCUT2D eigenvalue weighted by molar-refractivity contribution is -0.137. The summed E-state index contributed by atoms with van der Waals surface area (Å²) in [7, 11) is -3.85. The minimum Gasteiger partial charge on any atom is -0.488 e. The Kier molecular flexibility index (Phi) is 7.45. The predicted octanol–water partition coefficient (Wildman–Crippen LogP) is 4.49. The van der Waals surface area contributed by atoms with E-state index in [9.17, 15) is 18.3 Å². The Labute approximate surface area is 231 Å². The van der Waals surface area contributed by atoms with Gasteiger partial charge in [0.25, 0.3) is 0 Å². The van der Waals surface area contributed by atoms with Gasteiger partial charge in [0.15, 0.2) is 0 Å². The minimum absolute atomic E-state index is 0.0573. The molecule has 0 bridgehead atoms. The highest BCUT2D eigenvalue weighted by molar-refractivity contribution is 7.89. The number of carbonyl (C=O) groups is 1. The molecule has 0 amide bonds. The van der Waals surface area contributed by atoms with Crippen LogP contribution in [0.1, 0.15) is 59.1 Å². The van der Waals surface area contributed by atoms with Crippen LogP contribution in [0.4, 0.5) is 0 Å². The zero-order chi connectivity index (χ0) is 27.9. The van der Waals surface area contributed by atoms with Crippen LogP contribution in [-0.2, 0) is 27.9 Å². The topological polar surface area (TPSA) is 128 Å². The Morgan fingerprint density at radius 3 is 2.77 bits per heavy atom. The van der Waals surface area contributed by atoms with Crippen LogP contribution in [0.5, 0.6) is 5.75 Å². The number of fused-ring (bicyclic) bond motifs is 2. The standard InChI is InChI=1S/C27H31N5O5S2/c1-5-19-15-31(39(35,36)25-13-28-10-9-23(25)37-19)14-18-11-24(38-17(18)4)21(12-26(33)34)20-7-8-22-27(16(20)3)29-30-32(22)6-2/h7-11,13,19,21H,5-6,12,14-15H2,1-4H3,(H,33,34)/t19-,21-/m1/s1. The van der Waals surface area contributed by atoms with E-state index in [1.54, 1.807) is 6.07 Å². The van der Waals surface area contributed by atoms with Crippen LogP contribution in [0, 0.1) is 13.8 Å². The Morgan fingerprint density at radius 2 is 2.05 bits per heavy atom. The first-order chi connectivity index (χ1) is 18.6. The van der Waals surface area contributed by atoms with Gasteiger partial charge in [0, 0.05) is 35.0 Å². The van der Waals surface area contributed by atoms with Gasteiger partial charge in [-0.1, -0.05) is 18.2 Å². The van der Waals surface area contributed by atoms with E-state index in [-0.39, 0.29) is 30.5 Å². The number of carboxylic acids is 1. The number of thiophene rings is 1. The van der Waals surface area contributed by atoms with Crippen molar-refractivity contribution in [3.05, 3.63) is 63.1 Å². The molecule has 4 heterocycles. The first-order valence-corrected chi connectivity index (χ1v) is 15.1. The van der Waals surface area contributed by atoms with Crippen molar-refractivity contribution in [2.45, 2.75) is 70.5 Å². The molecule has 0 saturated heterocycles. The van der Waals surface area contributed by atoms with Crippen LogP contribution in [0.25, 0.3) is 11.0 Å². The third-order valence-corrected chi connectivity index (χ3v) is 10.3. The van der Waals surface area contributed by atoms with Crippen LogP contribution in [0.3, 0.4) is 0 Å². The number of ether oxygens (including phenoxy) is 1. The largest absolute Gasteiger partial charge is 0.488 e. The molecule has 1 N–H and O–H groups in total. The van der Waals surface area contributed by atoms with Gasteiger partial charge in [0.05, 0.1) is 24.7 Å². The van der Waals surface area contributed by atoms with E-state index < -0.39 is 21.9 Å². The van der Waals surface area contributed by atoms with Gasteiger partial charge >= 0.3 is 5.97 Å². The van der Waals surface area contributed by atoms with Gasteiger partial charge in [0.2, 0.25) is 10.0 Å². The Bertz CT molecular complexity index is 1650. The Hall–Kier alpha value is -3.35. The zero-order valence-corrected chi connectivity index (χ0v) is 23.9. The van der Waals surface area contributed by atoms with Crippen molar-refractivity contribution >= 4 is 38.4 Å². The molecule has 3 aromatic heterocycles. The summed E-state index contributed by atoms with van der Waals surface area (Å²) < 4.78 is 36.5. The van der Waals surface area contributed by atoms with Crippen molar-refractivity contribution < 1.29 is 23.1 Å². The maximum absolute atomic E-state index is 13.6. The molecule has 0 fully saturated rings. The van der Waals surface area contributed by atoms with Crippen molar-refractivity contribution in [3.63, 3.8) is 0 Å². The fraction of sp³-hybridized carbons (Fsp3) is 0.407. The van der Waals surface area contributed by atoms with Crippen LogP contribution >= 0.6 is 11.3 Å².